The number of rotatable bonds is 18. The summed E-state index contributed by atoms with van der Waals surface area (Å²) in [5.74, 6) is -8.78. The SMILES string of the molecule is CC[C@@H](C(=O)[O-])c1ccccc1.CC[C@@H](C(=O)[O-])c1ccccc1.CC[C@@H](C(=O)[O-])c1ccccc1.CC[C@@H](C(=O)[O-])c1ccccc1.CC[C@@H](C(=O)[O-])c1ccccc1.CC[C@@H](C(=O)[O-])c1ccccc1.[Eu+3].[Eu+3].c1cnc2c(c1)ccc1cccnc12.c1cnc2c(c1)ccc1cccnc12. The summed E-state index contributed by atoms with van der Waals surface area (Å²) >= 11 is 0. The molecule has 0 saturated carbocycles. The van der Waals surface area contributed by atoms with E-state index in [1.54, 1.807) is 24.8 Å². The van der Waals surface area contributed by atoms with Crippen molar-refractivity contribution in [3.8, 4) is 0 Å². The third-order valence-electron chi connectivity index (χ3n) is 16.1. The number of aliphatic carboxylic acids is 6. The van der Waals surface area contributed by atoms with Gasteiger partial charge in [0.25, 0.3) is 0 Å². The van der Waals surface area contributed by atoms with Gasteiger partial charge in [-0.2, -0.15) is 0 Å². The second kappa shape index (κ2) is 49.1. The quantitative estimate of drug-likeness (QED) is 0.0721. The Morgan fingerprint density at radius 2 is 0.363 bits per heavy atom. The van der Waals surface area contributed by atoms with Crippen molar-refractivity contribution in [3.63, 3.8) is 0 Å². The van der Waals surface area contributed by atoms with Crippen LogP contribution in [0.2, 0.25) is 0 Å². The molecule has 0 aliphatic carbocycles. The normalized spacial score (nSPS) is 11.7. The van der Waals surface area contributed by atoms with E-state index in [4.69, 9.17) is 0 Å². The number of carboxylic acid groups (broad SMARTS) is 6. The molecule has 0 aliphatic heterocycles. The summed E-state index contributed by atoms with van der Waals surface area (Å²) in [6, 6.07) is 79.2. The summed E-state index contributed by atoms with van der Waals surface area (Å²) in [7, 11) is 0. The van der Waals surface area contributed by atoms with Crippen LogP contribution in [0.5, 0.6) is 0 Å². The van der Waals surface area contributed by atoms with Gasteiger partial charge in [-0.25, -0.2) is 0 Å². The Kier molecular flexibility index (Phi) is 42.2. The van der Waals surface area contributed by atoms with Crippen LogP contribution in [-0.4, -0.2) is 55.8 Å². The van der Waals surface area contributed by atoms with Gasteiger partial charge in [-0.1, -0.05) is 272 Å². The Balaban J connectivity index is 0.000000303. The number of hydrogen-bond donors (Lipinski definition) is 0. The largest absolute Gasteiger partial charge is 3.00 e. The van der Waals surface area contributed by atoms with E-state index >= 15 is 0 Å². The van der Waals surface area contributed by atoms with E-state index in [2.05, 4.69) is 68.5 Å². The molecule has 4 heterocycles. The maximum Gasteiger partial charge on any atom is 3.00 e. The van der Waals surface area contributed by atoms with Crippen molar-refractivity contribution in [1.29, 1.82) is 0 Å². The van der Waals surface area contributed by atoms with Gasteiger partial charge in [0.15, 0.2) is 0 Å². The molecule has 0 amide bonds. The Labute approximate surface area is 678 Å². The van der Waals surface area contributed by atoms with E-state index in [1.165, 1.54) is 0 Å². The van der Waals surface area contributed by atoms with Crippen LogP contribution in [0, 0.1) is 98.8 Å². The zero-order valence-corrected chi connectivity index (χ0v) is 62.6. The summed E-state index contributed by atoms with van der Waals surface area (Å²) in [6.45, 7) is 11.0. The first kappa shape index (κ1) is 87.6. The van der Waals surface area contributed by atoms with Gasteiger partial charge in [0, 0.05) is 118 Å². The molecule has 6 atom stereocenters. The molecule has 12 rings (SSSR count). The Morgan fingerprint density at radius 1 is 0.225 bits per heavy atom. The second-order valence-electron chi connectivity index (χ2n) is 22.6. The third kappa shape index (κ3) is 28.7. The minimum atomic E-state index is -0.997. The molecular weight excluding hydrogens is 1560 g/mol. The van der Waals surface area contributed by atoms with Gasteiger partial charge in [-0.15, -0.1) is 0 Å². The average Bonchev–Trinajstić information content (AvgIpc) is 0.803. The zero-order chi connectivity index (χ0) is 72.6. The number of benzene rings is 8. The number of carbonyl (C=O) groups excluding carboxylic acids is 6. The number of nitrogens with zero attached hydrogens (tertiary/aromatic N) is 4. The van der Waals surface area contributed by atoms with Gasteiger partial charge in [0.2, 0.25) is 0 Å². The summed E-state index contributed by atoms with van der Waals surface area (Å²) in [4.78, 5) is 81.1. The first-order valence-electron chi connectivity index (χ1n) is 33.1. The zero-order valence-electron chi connectivity index (χ0n) is 57.7. The smallest absolute Gasteiger partial charge is 0.549 e. The Bertz CT molecular complexity index is 3750. The first-order chi connectivity index (χ1) is 48.4. The van der Waals surface area contributed by atoms with Crippen molar-refractivity contribution in [2.24, 2.45) is 0 Å². The minimum absolute atomic E-state index is 0. The van der Waals surface area contributed by atoms with Gasteiger partial charge in [-0.3, -0.25) is 19.9 Å². The molecule has 0 aliphatic rings. The molecule has 0 saturated heterocycles. The molecule has 0 unspecified atom stereocenters. The molecule has 16 nitrogen and oxygen atoms in total. The van der Waals surface area contributed by atoms with E-state index in [-0.39, 0.29) is 98.8 Å². The van der Waals surface area contributed by atoms with E-state index in [0.717, 1.165) is 77.0 Å². The Morgan fingerprint density at radius 3 is 0.480 bits per heavy atom. The van der Waals surface area contributed by atoms with Crippen LogP contribution in [0.25, 0.3) is 43.6 Å². The molecule has 102 heavy (non-hydrogen) atoms. The molecule has 0 radical (unpaired) electrons. The molecule has 8 aromatic carbocycles. The van der Waals surface area contributed by atoms with Gasteiger partial charge in [0.1, 0.15) is 0 Å². The topological polar surface area (TPSA) is 292 Å². The van der Waals surface area contributed by atoms with Crippen molar-refractivity contribution >= 4 is 79.4 Å². The van der Waals surface area contributed by atoms with Crippen molar-refractivity contribution in [3.05, 3.63) is 313 Å². The van der Waals surface area contributed by atoms with E-state index in [0.29, 0.717) is 38.5 Å². The van der Waals surface area contributed by atoms with Gasteiger partial charge in [-0.05, 0) is 96.2 Å². The fraction of sp³-hybridized carbons (Fsp3) is 0.214. The van der Waals surface area contributed by atoms with Crippen LogP contribution >= 0.6 is 0 Å². The summed E-state index contributed by atoms with van der Waals surface area (Å²) < 4.78 is 0. The number of carbonyl (C=O) groups is 6. The summed E-state index contributed by atoms with van der Waals surface area (Å²) in [5.41, 5.74) is 8.83. The maximum atomic E-state index is 10.6. The molecule has 0 N–H and O–H groups in total. The van der Waals surface area contributed by atoms with E-state index in [9.17, 15) is 59.4 Å². The van der Waals surface area contributed by atoms with Crippen LogP contribution in [0.1, 0.15) is 149 Å². The van der Waals surface area contributed by atoms with Crippen molar-refractivity contribution < 1.29 is 158 Å². The first-order valence-corrected chi connectivity index (χ1v) is 33.1. The van der Waals surface area contributed by atoms with Crippen molar-refractivity contribution in [2.45, 2.75) is 116 Å². The van der Waals surface area contributed by atoms with Crippen LogP contribution in [0.3, 0.4) is 0 Å². The van der Waals surface area contributed by atoms with Crippen molar-refractivity contribution in [1.82, 2.24) is 19.9 Å². The Hall–Kier alpha value is -8.61. The average molecular weight is 1640 g/mol. The van der Waals surface area contributed by atoms with Gasteiger partial charge in [0.05, 0.1) is 22.1 Å². The fourth-order valence-corrected chi connectivity index (χ4v) is 10.7. The fourth-order valence-electron chi connectivity index (χ4n) is 10.7. The van der Waals surface area contributed by atoms with Crippen LogP contribution in [-0.2, 0) is 28.8 Å². The summed E-state index contributed by atoms with van der Waals surface area (Å²) in [5, 5.41) is 68.3. The van der Waals surface area contributed by atoms with Gasteiger partial charge >= 0.3 is 98.8 Å². The molecule has 0 spiro atoms. The number of pyridine rings is 4. The second-order valence-corrected chi connectivity index (χ2v) is 22.6. The van der Waals surface area contributed by atoms with E-state index < -0.39 is 71.3 Å². The number of fused-ring (bicyclic) bond motifs is 6. The van der Waals surface area contributed by atoms with Crippen LogP contribution in [0.4, 0.5) is 0 Å². The maximum absolute atomic E-state index is 10.6. The predicted octanol–water partition coefficient (Wildman–Crippen LogP) is 11.1. The van der Waals surface area contributed by atoms with Crippen LogP contribution in [0.15, 0.2) is 280 Å². The number of hydrogen-bond acceptors (Lipinski definition) is 16. The molecule has 4 aromatic heterocycles. The third-order valence-corrected chi connectivity index (χ3v) is 16.1. The van der Waals surface area contributed by atoms with Gasteiger partial charge < -0.3 is 59.4 Å². The molecular formula is C84H82Eu2N4O12. The predicted molar refractivity (Wildman–Crippen MR) is 381 cm³/mol. The molecule has 524 valence electrons. The van der Waals surface area contributed by atoms with Crippen molar-refractivity contribution in [2.75, 3.05) is 0 Å². The molecule has 0 bridgehead atoms. The van der Waals surface area contributed by atoms with Crippen LogP contribution < -0.4 is 30.6 Å². The monoisotopic (exact) mass is 1640 g/mol. The number of aromatic nitrogens is 4. The standard InChI is InChI=1S/2C12H8N2.6C10H12O2.2Eu/c2*1-3-9-5-6-10-4-2-8-14-12(10)11(9)13-7-1;6*1-2-9(10(11)12)8-6-4-3-5-7-8;;/h2*1-8H;6*3-7,9H,2H2,1H3,(H,11,12);;/q;;;;;;;;2*+3/p-6/t;;6*9-;;/m..111111../s1. The molecule has 18 heteroatoms. The molecule has 12 aromatic rings. The summed E-state index contributed by atoms with van der Waals surface area (Å²) in [6.07, 6.45) is 10.7. The molecule has 0 fully saturated rings. The number of carboxylic acids is 6. The van der Waals surface area contributed by atoms with E-state index in [1.807, 2.05) is 248 Å². The minimum Gasteiger partial charge on any atom is -0.549 e.